The lowest BCUT2D eigenvalue weighted by Crippen LogP contribution is -2.64. The van der Waals surface area contributed by atoms with Gasteiger partial charge in [-0.25, -0.2) is 24.4 Å². The number of carbonyl (C=O) groups excluding carboxylic acids is 3. The number of ether oxygens (including phenoxy) is 4. The lowest BCUT2D eigenvalue weighted by Gasteiger charge is -2.69. The van der Waals surface area contributed by atoms with Crippen molar-refractivity contribution in [2.24, 2.45) is 22.0 Å². The van der Waals surface area contributed by atoms with E-state index in [0.29, 0.717) is 110 Å². The number of anilines is 3. The summed E-state index contributed by atoms with van der Waals surface area (Å²) in [5.41, 5.74) is 10.9. The molecule has 4 aromatic heterocycles. The van der Waals surface area contributed by atoms with Crippen molar-refractivity contribution in [3.8, 4) is 16.9 Å². The predicted octanol–water partition coefficient (Wildman–Crippen LogP) is 6.72. The Morgan fingerprint density at radius 3 is 2.41 bits per heavy atom. The first-order chi connectivity index (χ1) is 46.7. The van der Waals surface area contributed by atoms with Crippen LogP contribution in [-0.2, 0) is 47.8 Å². The largest absolute Gasteiger partial charge is 0.479 e. The molecular weight excluding hydrogens is 1310 g/mol. The van der Waals surface area contributed by atoms with Gasteiger partial charge in [-0.1, -0.05) is 49.5 Å². The molecule has 98 heavy (non-hydrogen) atoms. The number of carbonyl (C=O) groups is 5. The smallest absolute Gasteiger partial charge is 0.410 e. The Hall–Kier alpha value is -7.80. The monoisotopic (exact) mass is 1390 g/mol. The van der Waals surface area contributed by atoms with Crippen molar-refractivity contribution in [2.45, 2.75) is 147 Å². The standard InChI is InChI=1S/C68H84N11O17PS/c1-39-52(44-13-15-50(72-53(44)60(85)86)79-23-17-41-9-4-10-43(45(41)32-79)59(84)74-63-73-58-49(98-63)11-5-21-70-58)47(76-75-39)31-67-34-65(2)33-66(3,35-67)37-68(36-65,38-67)94-28-26-77(22-7-29-97(90,91)92)42-18-24-78(25-19-42)64(89)93-27-6-8-40-12-14-48(46(30-40)71-51(80)16-20-69)95-62-56(83)54(81)55(82)57(96-62)61(87)88/h4-6,8-15,21,30,42,54-57,62,81-83H,7,16-20,22-29,31-38,69H2,1-3H3,(H,71,80)(H,75,76)(H,85,86)(H,87,88)(H2,90,91,92)(H,70,73,74,84)/b8-6+/t54-,55-,56+,57-,62+,65?,66?,67?,68?/m0/s1. The number of nitrogens with one attached hydrogen (secondary N) is 3. The normalized spacial score (nSPS) is 26.2. The van der Waals surface area contributed by atoms with Gasteiger partial charge in [0.1, 0.15) is 36.5 Å². The molecule has 6 aromatic rings. The van der Waals surface area contributed by atoms with E-state index in [-0.39, 0.29) is 77.5 Å². The average Bonchev–Trinajstić information content (AvgIpc) is 0.778. The van der Waals surface area contributed by atoms with Crippen LogP contribution in [0.5, 0.6) is 5.75 Å². The van der Waals surface area contributed by atoms with Crippen LogP contribution in [0.2, 0.25) is 0 Å². The number of fused-ring (bicyclic) bond motifs is 2. The molecule has 6 fully saturated rings. The molecule has 28 nitrogen and oxygen atoms in total. The molecule has 3 amide bonds. The number of H-pyrrole nitrogens is 1. The second kappa shape index (κ2) is 28.4. The Labute approximate surface area is 569 Å². The van der Waals surface area contributed by atoms with E-state index < -0.39 is 67.8 Å². The van der Waals surface area contributed by atoms with E-state index in [1.54, 1.807) is 35.4 Å². The molecule has 7 aliphatic rings. The third-order valence-corrected chi connectivity index (χ3v) is 21.9. The third kappa shape index (κ3) is 15.5. The van der Waals surface area contributed by atoms with E-state index in [4.69, 9.17) is 34.8 Å². The highest BCUT2D eigenvalue weighted by atomic mass is 32.1. The number of amides is 3. The number of aromatic amines is 1. The Bertz CT molecular complexity index is 4030. The SMILES string of the molecule is Cc1[nH]nc(CC23CC4(C)CC(C)(C2)CC(OCCN(CCCP(=O)(O)O)C2CCN(C(=O)OC/C=C/c5ccc(O[C@@H]6O[C@H](C(=O)O)[C@@H](O)[C@H](O)[C@H]6O)c(NC(=O)CCN)c5)CC2)(C4)C3)c1-c1ccc(N2CCc3cccc(C(=O)Nc4nc5ncccc5s4)c3C2)nc1C(=O)O. The van der Waals surface area contributed by atoms with Gasteiger partial charge in [-0.15, -0.1) is 0 Å². The number of hydrogen-bond acceptors (Lipinski definition) is 21. The molecule has 0 spiro atoms. The zero-order valence-electron chi connectivity index (χ0n) is 54.8. The molecule has 524 valence electrons. The van der Waals surface area contributed by atoms with E-state index in [2.05, 4.69) is 44.4 Å². The summed E-state index contributed by atoms with van der Waals surface area (Å²) >= 11 is 1.35. The first-order valence-electron chi connectivity index (χ1n) is 33.1. The first-order valence-corrected chi connectivity index (χ1v) is 35.7. The minimum atomic E-state index is -4.29. The average molecular weight is 1390 g/mol. The molecule has 2 saturated heterocycles. The zero-order valence-corrected chi connectivity index (χ0v) is 56.5. The van der Waals surface area contributed by atoms with Crippen molar-refractivity contribution in [2.75, 3.05) is 74.2 Å². The maximum absolute atomic E-state index is 13.9. The number of rotatable bonds is 25. The van der Waals surface area contributed by atoms with Crippen molar-refractivity contribution in [3.05, 3.63) is 112 Å². The quantitative estimate of drug-likeness (QED) is 0.0265. The summed E-state index contributed by atoms with van der Waals surface area (Å²) in [6, 6.07) is 17.6. The lowest BCUT2D eigenvalue weighted by atomic mass is 9.38. The summed E-state index contributed by atoms with van der Waals surface area (Å²) in [5.74, 6) is -3.12. The van der Waals surface area contributed by atoms with E-state index in [1.165, 1.54) is 23.5 Å². The van der Waals surface area contributed by atoms with Gasteiger partial charge in [0.2, 0.25) is 12.2 Å². The zero-order chi connectivity index (χ0) is 69.5. The molecule has 0 radical (unpaired) electrons. The summed E-state index contributed by atoms with van der Waals surface area (Å²) < 4.78 is 36.9. The fourth-order valence-electron chi connectivity index (χ4n) is 17.1. The number of aromatic nitrogens is 5. The highest BCUT2D eigenvalue weighted by molar-refractivity contribution is 7.51. The highest BCUT2D eigenvalue weighted by Gasteiger charge is 2.66. The summed E-state index contributed by atoms with van der Waals surface area (Å²) in [4.78, 5) is 104. The summed E-state index contributed by atoms with van der Waals surface area (Å²) in [5, 5.41) is 65.6. The number of aryl methyl sites for hydroxylation is 1. The molecule has 4 saturated carbocycles. The number of carboxylic acids is 2. The third-order valence-electron chi connectivity index (χ3n) is 20.0. The fraction of sp³-hybridized carbons (Fsp3) is 0.515. The van der Waals surface area contributed by atoms with Crippen LogP contribution in [0.3, 0.4) is 0 Å². The summed E-state index contributed by atoms with van der Waals surface area (Å²) in [6.07, 6.45) is 2.72. The minimum absolute atomic E-state index is 0.0234. The molecule has 2 aromatic carbocycles. The molecule has 7 atom stereocenters. The molecule has 3 aliphatic heterocycles. The van der Waals surface area contributed by atoms with E-state index in [9.17, 15) is 63.9 Å². The molecule has 30 heteroatoms. The number of aliphatic hydroxyl groups is 3. The second-order valence-corrected chi connectivity index (χ2v) is 30.8. The van der Waals surface area contributed by atoms with Gasteiger partial charge in [-0.2, -0.15) is 10.1 Å². The molecular formula is C68H84N11O17PS. The Morgan fingerprint density at radius 1 is 0.908 bits per heavy atom. The maximum atomic E-state index is 13.9. The van der Waals surface area contributed by atoms with Crippen LogP contribution in [0.4, 0.5) is 21.4 Å². The Balaban J connectivity index is 0.681. The number of aliphatic hydroxyl groups excluding tert-OH is 3. The predicted molar refractivity (Wildman–Crippen MR) is 361 cm³/mol. The molecule has 2 unspecified atom stereocenters. The van der Waals surface area contributed by atoms with Crippen LogP contribution < -0.4 is 26.0 Å². The van der Waals surface area contributed by atoms with E-state index >= 15 is 0 Å². The minimum Gasteiger partial charge on any atom is -0.479 e. The van der Waals surface area contributed by atoms with E-state index in [1.807, 2.05) is 48.2 Å². The van der Waals surface area contributed by atoms with Gasteiger partial charge in [0.25, 0.3) is 5.91 Å². The number of nitrogens with zero attached hydrogens (tertiary/aromatic N) is 7. The van der Waals surface area contributed by atoms with Crippen LogP contribution in [0, 0.1) is 23.2 Å². The van der Waals surface area contributed by atoms with Crippen molar-refractivity contribution in [1.29, 1.82) is 0 Å². The van der Waals surface area contributed by atoms with Gasteiger partial charge in [0.05, 0.1) is 34.5 Å². The number of benzene rings is 2. The molecule has 13 rings (SSSR count). The van der Waals surface area contributed by atoms with Gasteiger partial charge in [0.15, 0.2) is 22.6 Å². The molecule has 4 aliphatic carbocycles. The van der Waals surface area contributed by atoms with Gasteiger partial charge in [-0.3, -0.25) is 29.5 Å². The Kier molecular flexibility index (Phi) is 20.3. The number of nitrogens with two attached hydrogens (primary N) is 1. The fourth-order valence-corrected chi connectivity index (χ4v) is 18.4. The molecule has 12 N–H and O–H groups in total. The summed E-state index contributed by atoms with van der Waals surface area (Å²) in [7, 11) is -4.29. The van der Waals surface area contributed by atoms with Crippen molar-refractivity contribution < 1.29 is 82.8 Å². The lowest BCUT2D eigenvalue weighted by molar-refractivity contribution is -0.271. The van der Waals surface area contributed by atoms with Crippen LogP contribution in [-0.4, -0.2) is 201 Å². The van der Waals surface area contributed by atoms with Gasteiger partial charge in [0, 0.05) is 80.3 Å². The number of piperidine rings is 1. The van der Waals surface area contributed by atoms with Gasteiger partial charge >= 0.3 is 25.6 Å². The first kappa shape index (κ1) is 70.1. The van der Waals surface area contributed by atoms with E-state index in [0.717, 1.165) is 65.7 Å². The number of aliphatic carboxylic acids is 1. The number of thiazole rings is 1. The molecule has 7 heterocycles. The number of carboxylic acid groups (broad SMARTS) is 2. The van der Waals surface area contributed by atoms with Crippen LogP contribution in [0.15, 0.2) is 72.9 Å². The van der Waals surface area contributed by atoms with Crippen molar-refractivity contribution in [3.63, 3.8) is 0 Å². The van der Waals surface area contributed by atoms with Crippen LogP contribution >= 0.6 is 18.9 Å². The van der Waals surface area contributed by atoms with Crippen LogP contribution in [0.1, 0.15) is 127 Å². The number of likely N-dealkylation sites (tertiary alicyclic amines) is 1. The van der Waals surface area contributed by atoms with Gasteiger partial charge in [-0.05, 0) is 166 Å². The van der Waals surface area contributed by atoms with Crippen molar-refractivity contribution in [1.82, 2.24) is 34.9 Å². The number of pyridine rings is 2. The molecule has 4 bridgehead atoms. The maximum Gasteiger partial charge on any atom is 0.410 e. The van der Waals surface area contributed by atoms with Gasteiger partial charge < -0.3 is 75.1 Å². The topological polar surface area (TPSA) is 408 Å². The van der Waals surface area contributed by atoms with Crippen molar-refractivity contribution >= 4 is 81.8 Å². The number of aromatic carboxylic acids is 1. The summed E-state index contributed by atoms with van der Waals surface area (Å²) in [6.45, 7) is 9.45. The second-order valence-electron chi connectivity index (χ2n) is 28.0. The van der Waals surface area contributed by atoms with Crippen LogP contribution in [0.25, 0.3) is 27.6 Å². The highest BCUT2D eigenvalue weighted by Crippen LogP contribution is 2.72. The number of hydrogen-bond donors (Lipinski definition) is 11. The Morgan fingerprint density at radius 2 is 1.68 bits per heavy atom.